The van der Waals surface area contributed by atoms with Crippen LogP contribution in [0, 0.1) is 5.82 Å². The van der Waals surface area contributed by atoms with Gasteiger partial charge in [-0.15, -0.1) is 0 Å². The van der Waals surface area contributed by atoms with E-state index in [1.165, 1.54) is 18.4 Å². The average molecular weight is 462 g/mol. The van der Waals surface area contributed by atoms with Gasteiger partial charge in [0.2, 0.25) is 5.91 Å². The number of halogens is 1. The van der Waals surface area contributed by atoms with Crippen LogP contribution in [0.5, 0.6) is 0 Å². The molecule has 34 heavy (non-hydrogen) atoms. The van der Waals surface area contributed by atoms with Gasteiger partial charge in [-0.3, -0.25) is 14.5 Å². The fraction of sp³-hybridized carbons (Fsp3) is 0.333. The lowest BCUT2D eigenvalue weighted by molar-refractivity contribution is -0.127. The van der Waals surface area contributed by atoms with Crippen molar-refractivity contribution in [3.63, 3.8) is 0 Å². The lowest BCUT2D eigenvalue weighted by Gasteiger charge is -2.37. The Labute approximate surface area is 198 Å². The molecule has 1 aromatic heterocycles. The van der Waals surface area contributed by atoms with Crippen molar-refractivity contribution in [3.8, 4) is 0 Å². The Balaban J connectivity index is 1.23. The molecule has 3 heterocycles. The number of rotatable bonds is 5. The van der Waals surface area contributed by atoms with Gasteiger partial charge in [0.15, 0.2) is 5.76 Å². The van der Waals surface area contributed by atoms with E-state index in [1.807, 2.05) is 36.4 Å². The molecule has 1 atom stereocenters. The third kappa shape index (κ3) is 4.89. The van der Waals surface area contributed by atoms with Crippen LogP contribution in [0.15, 0.2) is 71.3 Å². The van der Waals surface area contributed by atoms with Crippen molar-refractivity contribution in [2.75, 3.05) is 13.1 Å². The summed E-state index contributed by atoms with van der Waals surface area (Å²) in [4.78, 5) is 30.5. The first-order valence-corrected chi connectivity index (χ1v) is 11.8. The Morgan fingerprint density at radius 1 is 0.971 bits per heavy atom. The highest BCUT2D eigenvalue weighted by molar-refractivity contribution is 5.96. The highest BCUT2D eigenvalue weighted by Crippen LogP contribution is 2.26. The molecule has 7 heteroatoms. The van der Waals surface area contributed by atoms with Gasteiger partial charge in [-0.25, -0.2) is 4.39 Å². The number of fused-ring (bicyclic) bond motifs is 1. The molecule has 0 saturated carbocycles. The number of amides is 2. The molecular weight excluding hydrogens is 433 g/mol. The van der Waals surface area contributed by atoms with E-state index in [-0.39, 0.29) is 29.4 Å². The van der Waals surface area contributed by atoms with Crippen molar-refractivity contribution in [1.82, 2.24) is 15.1 Å². The summed E-state index contributed by atoms with van der Waals surface area (Å²) in [6, 6.07) is 17.3. The number of furan rings is 1. The molecule has 2 aromatic carbocycles. The number of carbonyl (C=O) groups excluding carboxylic acids is 2. The van der Waals surface area contributed by atoms with E-state index in [9.17, 15) is 14.0 Å². The Morgan fingerprint density at radius 3 is 2.41 bits per heavy atom. The van der Waals surface area contributed by atoms with Crippen molar-refractivity contribution in [3.05, 3.63) is 95.2 Å². The van der Waals surface area contributed by atoms with Crippen molar-refractivity contribution in [2.45, 2.75) is 44.4 Å². The molecule has 3 aromatic rings. The monoisotopic (exact) mass is 461 g/mol. The summed E-state index contributed by atoms with van der Waals surface area (Å²) in [5.41, 5.74) is 3.23. The van der Waals surface area contributed by atoms with E-state index in [2.05, 4.69) is 10.2 Å². The maximum absolute atomic E-state index is 13.4. The molecule has 0 aliphatic carbocycles. The molecule has 1 saturated heterocycles. The largest absolute Gasteiger partial charge is 0.459 e. The van der Waals surface area contributed by atoms with Crippen LogP contribution in [-0.2, 0) is 24.3 Å². The summed E-state index contributed by atoms with van der Waals surface area (Å²) in [7, 11) is 0. The summed E-state index contributed by atoms with van der Waals surface area (Å²) in [5, 5.41) is 3.20. The Morgan fingerprint density at radius 2 is 1.71 bits per heavy atom. The molecule has 0 bridgehead atoms. The standard InChI is InChI=1S/C27H28FN3O3/c28-22-9-7-19(8-10-22)17-30-13-11-23(12-14-30)29-26(32)24-16-20-4-1-2-5-21(20)18-31(24)27(33)25-6-3-15-34-25/h1-10,15,23-24H,11-14,16-18H2,(H,29,32). The lowest BCUT2D eigenvalue weighted by Crippen LogP contribution is -2.55. The van der Waals surface area contributed by atoms with E-state index in [1.54, 1.807) is 17.0 Å². The Bertz CT molecular complexity index is 1140. The summed E-state index contributed by atoms with van der Waals surface area (Å²) in [6.07, 6.45) is 3.63. The fourth-order valence-electron chi connectivity index (χ4n) is 4.89. The first-order valence-electron chi connectivity index (χ1n) is 11.8. The first kappa shape index (κ1) is 22.3. The van der Waals surface area contributed by atoms with Crippen LogP contribution >= 0.6 is 0 Å². The van der Waals surface area contributed by atoms with Crippen LogP contribution in [0.25, 0.3) is 0 Å². The second-order valence-electron chi connectivity index (χ2n) is 9.08. The van der Waals surface area contributed by atoms with E-state index in [0.717, 1.165) is 49.2 Å². The van der Waals surface area contributed by atoms with Gasteiger partial charge in [0.25, 0.3) is 5.91 Å². The topological polar surface area (TPSA) is 65.8 Å². The summed E-state index contributed by atoms with van der Waals surface area (Å²) in [5.74, 6) is -0.374. The van der Waals surface area contributed by atoms with Crippen molar-refractivity contribution in [1.29, 1.82) is 0 Å². The second-order valence-corrected chi connectivity index (χ2v) is 9.08. The van der Waals surface area contributed by atoms with Crippen LogP contribution in [0.3, 0.4) is 0 Å². The minimum Gasteiger partial charge on any atom is -0.459 e. The van der Waals surface area contributed by atoms with Crippen LogP contribution in [-0.4, -0.2) is 46.8 Å². The van der Waals surface area contributed by atoms with Crippen LogP contribution in [0.2, 0.25) is 0 Å². The average Bonchev–Trinajstić information content (AvgIpc) is 3.40. The van der Waals surface area contributed by atoms with E-state index >= 15 is 0 Å². The number of hydrogen-bond acceptors (Lipinski definition) is 4. The predicted molar refractivity (Wildman–Crippen MR) is 125 cm³/mol. The molecule has 2 aliphatic heterocycles. The van der Waals surface area contributed by atoms with Crippen LogP contribution in [0.1, 0.15) is 40.1 Å². The minimum atomic E-state index is -0.579. The third-order valence-electron chi connectivity index (χ3n) is 6.80. The molecule has 2 amide bonds. The first-order chi connectivity index (χ1) is 16.6. The highest BCUT2D eigenvalue weighted by atomic mass is 19.1. The molecule has 1 fully saturated rings. The summed E-state index contributed by atoms with van der Waals surface area (Å²) < 4.78 is 18.5. The third-order valence-corrected chi connectivity index (χ3v) is 6.80. The van der Waals surface area contributed by atoms with E-state index in [4.69, 9.17) is 4.42 Å². The van der Waals surface area contributed by atoms with Gasteiger partial charge < -0.3 is 14.6 Å². The molecule has 5 rings (SSSR count). The zero-order chi connectivity index (χ0) is 23.5. The Kier molecular flexibility index (Phi) is 6.45. The van der Waals surface area contributed by atoms with Crippen LogP contribution < -0.4 is 5.32 Å². The number of hydrogen-bond donors (Lipinski definition) is 1. The molecule has 6 nitrogen and oxygen atoms in total. The van der Waals surface area contributed by atoms with Crippen molar-refractivity contribution >= 4 is 11.8 Å². The van der Waals surface area contributed by atoms with E-state index in [0.29, 0.717) is 13.0 Å². The number of nitrogens with one attached hydrogen (secondary N) is 1. The maximum Gasteiger partial charge on any atom is 0.290 e. The van der Waals surface area contributed by atoms with Gasteiger partial charge in [-0.1, -0.05) is 36.4 Å². The van der Waals surface area contributed by atoms with Gasteiger partial charge in [0, 0.05) is 38.6 Å². The molecule has 176 valence electrons. The summed E-state index contributed by atoms with van der Waals surface area (Å²) >= 11 is 0. The van der Waals surface area contributed by atoms with Gasteiger partial charge in [0.05, 0.1) is 6.26 Å². The minimum absolute atomic E-state index is 0.0645. The van der Waals surface area contributed by atoms with Gasteiger partial charge in [-0.05, 0) is 53.8 Å². The van der Waals surface area contributed by atoms with Gasteiger partial charge >= 0.3 is 0 Å². The number of benzene rings is 2. The van der Waals surface area contributed by atoms with Gasteiger partial charge in [-0.2, -0.15) is 0 Å². The summed E-state index contributed by atoms with van der Waals surface area (Å²) in [6.45, 7) is 2.85. The normalized spacial score (nSPS) is 19.0. The van der Waals surface area contributed by atoms with Gasteiger partial charge in [0.1, 0.15) is 11.9 Å². The van der Waals surface area contributed by atoms with Crippen LogP contribution in [0.4, 0.5) is 4.39 Å². The number of piperidine rings is 1. The highest BCUT2D eigenvalue weighted by Gasteiger charge is 2.37. The molecule has 0 radical (unpaired) electrons. The smallest absolute Gasteiger partial charge is 0.290 e. The molecule has 0 spiro atoms. The lowest BCUT2D eigenvalue weighted by atomic mass is 9.92. The number of nitrogens with zero attached hydrogens (tertiary/aromatic N) is 2. The zero-order valence-corrected chi connectivity index (χ0v) is 19.0. The van der Waals surface area contributed by atoms with Crippen molar-refractivity contribution < 1.29 is 18.4 Å². The molecule has 1 unspecified atom stereocenters. The van der Waals surface area contributed by atoms with E-state index < -0.39 is 6.04 Å². The zero-order valence-electron chi connectivity index (χ0n) is 19.0. The second kappa shape index (κ2) is 9.81. The Hall–Kier alpha value is -3.45. The molecule has 1 N–H and O–H groups in total. The SMILES string of the molecule is O=C(NC1CCN(Cc2ccc(F)cc2)CC1)C1Cc2ccccc2CN1C(=O)c1ccco1. The fourth-order valence-corrected chi connectivity index (χ4v) is 4.89. The molecule has 2 aliphatic rings. The number of likely N-dealkylation sites (tertiary alicyclic amines) is 1. The van der Waals surface area contributed by atoms with Crippen molar-refractivity contribution in [2.24, 2.45) is 0 Å². The predicted octanol–water partition coefficient (Wildman–Crippen LogP) is 3.77. The quantitative estimate of drug-likeness (QED) is 0.628. The number of carbonyl (C=O) groups is 2. The maximum atomic E-state index is 13.4. The molecular formula is C27H28FN3O3.